The lowest BCUT2D eigenvalue weighted by Crippen LogP contribution is -2.11. The van der Waals surface area contributed by atoms with Crippen molar-refractivity contribution in [2.45, 2.75) is 4.90 Å². The van der Waals surface area contributed by atoms with Crippen molar-refractivity contribution >= 4 is 37.0 Å². The molecule has 0 aliphatic rings. The fraction of sp³-hybridized carbons (Fsp3) is 0.0625. The zero-order chi connectivity index (χ0) is 16.4. The van der Waals surface area contributed by atoms with Crippen molar-refractivity contribution in [3.8, 4) is 11.5 Å². The van der Waals surface area contributed by atoms with Gasteiger partial charge in [0.1, 0.15) is 16.2 Å². The highest BCUT2D eigenvalue weighted by molar-refractivity contribution is 9.10. The van der Waals surface area contributed by atoms with Crippen molar-refractivity contribution in [3.63, 3.8) is 0 Å². The molecule has 0 N–H and O–H groups in total. The molecule has 23 heavy (non-hydrogen) atoms. The maximum atomic E-state index is 12.6. The third-order valence-electron chi connectivity index (χ3n) is 3.19. The number of rotatable bonds is 4. The van der Waals surface area contributed by atoms with Gasteiger partial charge in [0.2, 0.25) is 0 Å². The highest BCUT2D eigenvalue weighted by Gasteiger charge is 2.23. The van der Waals surface area contributed by atoms with E-state index in [2.05, 4.69) is 20.9 Å². The van der Waals surface area contributed by atoms with E-state index in [4.69, 9.17) is 8.92 Å². The van der Waals surface area contributed by atoms with Gasteiger partial charge in [0.15, 0.2) is 5.75 Å². The summed E-state index contributed by atoms with van der Waals surface area (Å²) >= 11 is 3.26. The Hall–Kier alpha value is -2.12. The number of ether oxygens (including phenoxy) is 1. The molecular weight excluding hydrogens is 382 g/mol. The lowest BCUT2D eigenvalue weighted by Gasteiger charge is -2.12. The summed E-state index contributed by atoms with van der Waals surface area (Å²) in [5, 5.41) is 0.793. The van der Waals surface area contributed by atoms with Gasteiger partial charge in [-0.25, -0.2) is 0 Å². The molecule has 0 atom stereocenters. The van der Waals surface area contributed by atoms with Crippen LogP contribution in [0.4, 0.5) is 0 Å². The summed E-state index contributed by atoms with van der Waals surface area (Å²) in [5.74, 6) is 0.381. The maximum Gasteiger partial charge on any atom is 0.343 e. The van der Waals surface area contributed by atoms with Crippen molar-refractivity contribution in [1.82, 2.24) is 4.98 Å². The lowest BCUT2D eigenvalue weighted by atomic mass is 10.2. The molecule has 1 aromatic heterocycles. The minimum absolute atomic E-state index is 0.0534. The van der Waals surface area contributed by atoms with E-state index in [9.17, 15) is 8.42 Å². The second-order valence-corrected chi connectivity index (χ2v) is 7.09. The second-order valence-electron chi connectivity index (χ2n) is 4.66. The molecular formula is C16H12BrNO4S. The fourth-order valence-electron chi connectivity index (χ4n) is 2.15. The molecule has 0 aliphatic carbocycles. The number of aromatic nitrogens is 1. The zero-order valence-corrected chi connectivity index (χ0v) is 14.5. The van der Waals surface area contributed by atoms with Gasteiger partial charge in [-0.15, -0.1) is 0 Å². The van der Waals surface area contributed by atoms with Crippen LogP contribution >= 0.6 is 15.9 Å². The Bertz CT molecular complexity index is 967. The maximum absolute atomic E-state index is 12.6. The van der Waals surface area contributed by atoms with Crippen LogP contribution in [-0.4, -0.2) is 20.5 Å². The van der Waals surface area contributed by atoms with Gasteiger partial charge in [-0.05, 0) is 30.3 Å². The highest BCUT2D eigenvalue weighted by atomic mass is 79.9. The molecule has 0 saturated carbocycles. The summed E-state index contributed by atoms with van der Waals surface area (Å²) in [5.41, 5.74) is 0.479. The van der Waals surface area contributed by atoms with Crippen LogP contribution in [0.3, 0.4) is 0 Å². The Labute approximate surface area is 142 Å². The van der Waals surface area contributed by atoms with Crippen LogP contribution in [0.1, 0.15) is 0 Å². The Morgan fingerprint density at radius 3 is 2.61 bits per heavy atom. The van der Waals surface area contributed by atoms with Crippen LogP contribution in [0.15, 0.2) is 64.1 Å². The van der Waals surface area contributed by atoms with Gasteiger partial charge in [0, 0.05) is 16.1 Å². The molecule has 0 radical (unpaired) electrons. The Balaban J connectivity index is 2.09. The van der Waals surface area contributed by atoms with Gasteiger partial charge in [0.05, 0.1) is 7.11 Å². The lowest BCUT2D eigenvalue weighted by molar-refractivity contribution is 0.398. The van der Waals surface area contributed by atoms with Crippen LogP contribution in [0, 0.1) is 0 Å². The molecule has 0 fully saturated rings. The number of para-hydroxylation sites is 1. The molecule has 0 spiro atoms. The quantitative estimate of drug-likeness (QED) is 0.631. The van der Waals surface area contributed by atoms with E-state index in [1.165, 1.54) is 13.2 Å². The Kier molecular flexibility index (Phi) is 4.23. The first-order valence-corrected chi connectivity index (χ1v) is 8.83. The largest absolute Gasteiger partial charge is 0.495 e. The fourth-order valence-corrected chi connectivity index (χ4v) is 3.79. The van der Waals surface area contributed by atoms with E-state index >= 15 is 0 Å². The monoisotopic (exact) mass is 393 g/mol. The molecule has 3 rings (SSSR count). The van der Waals surface area contributed by atoms with Gasteiger partial charge in [0.25, 0.3) is 0 Å². The molecule has 0 amide bonds. The van der Waals surface area contributed by atoms with Gasteiger partial charge < -0.3 is 8.92 Å². The SMILES string of the molecule is COc1ccc(Br)cc1S(=O)(=O)Oc1cccc2cccnc12. The van der Waals surface area contributed by atoms with Crippen LogP contribution in [0.2, 0.25) is 0 Å². The van der Waals surface area contributed by atoms with E-state index in [0.29, 0.717) is 9.99 Å². The van der Waals surface area contributed by atoms with Crippen LogP contribution in [0.5, 0.6) is 11.5 Å². The standard InChI is InChI=1S/C16H12BrNO4S/c1-21-13-8-7-12(17)10-15(13)23(19,20)22-14-6-2-4-11-5-3-9-18-16(11)14/h2-10H,1H3. The smallest absolute Gasteiger partial charge is 0.343 e. The number of hydrogen-bond acceptors (Lipinski definition) is 5. The van der Waals surface area contributed by atoms with Gasteiger partial charge in [-0.2, -0.15) is 8.42 Å². The number of nitrogens with zero attached hydrogens (tertiary/aromatic N) is 1. The molecule has 0 unspecified atom stereocenters. The Morgan fingerprint density at radius 2 is 1.83 bits per heavy atom. The van der Waals surface area contributed by atoms with Crippen molar-refractivity contribution in [1.29, 1.82) is 0 Å². The molecule has 0 aliphatic heterocycles. The number of benzene rings is 2. The summed E-state index contributed by atoms with van der Waals surface area (Å²) in [6.07, 6.45) is 1.58. The summed E-state index contributed by atoms with van der Waals surface area (Å²) < 4.78 is 36.3. The van der Waals surface area contributed by atoms with Crippen LogP contribution in [-0.2, 0) is 10.1 Å². The molecule has 5 nitrogen and oxygen atoms in total. The van der Waals surface area contributed by atoms with E-state index < -0.39 is 10.1 Å². The first-order valence-electron chi connectivity index (χ1n) is 6.63. The summed E-state index contributed by atoms with van der Waals surface area (Å²) in [6, 6.07) is 13.4. The summed E-state index contributed by atoms with van der Waals surface area (Å²) in [7, 11) is -2.66. The number of halogens is 1. The first-order chi connectivity index (χ1) is 11.0. The van der Waals surface area contributed by atoms with Crippen LogP contribution in [0.25, 0.3) is 10.9 Å². The van der Waals surface area contributed by atoms with Gasteiger partial charge in [-0.1, -0.05) is 34.1 Å². The highest BCUT2D eigenvalue weighted by Crippen LogP contribution is 2.31. The van der Waals surface area contributed by atoms with E-state index in [1.54, 1.807) is 36.5 Å². The third-order valence-corrected chi connectivity index (χ3v) is 4.94. The molecule has 0 saturated heterocycles. The van der Waals surface area contributed by atoms with Gasteiger partial charge >= 0.3 is 10.1 Å². The van der Waals surface area contributed by atoms with Crippen molar-refractivity contribution in [3.05, 3.63) is 59.2 Å². The zero-order valence-electron chi connectivity index (χ0n) is 12.1. The Morgan fingerprint density at radius 1 is 1.04 bits per heavy atom. The van der Waals surface area contributed by atoms with Crippen molar-refractivity contribution in [2.75, 3.05) is 7.11 Å². The molecule has 1 heterocycles. The normalized spacial score (nSPS) is 11.4. The molecule has 118 valence electrons. The van der Waals surface area contributed by atoms with Crippen LogP contribution < -0.4 is 8.92 Å². The summed E-state index contributed by atoms with van der Waals surface area (Å²) in [4.78, 5) is 4.14. The van der Waals surface area contributed by atoms with Gasteiger partial charge in [-0.3, -0.25) is 4.98 Å². The molecule has 3 aromatic rings. The predicted molar refractivity (Wildman–Crippen MR) is 90.3 cm³/mol. The summed E-state index contributed by atoms with van der Waals surface area (Å²) in [6.45, 7) is 0. The number of pyridine rings is 1. The predicted octanol–water partition coefficient (Wildman–Crippen LogP) is 3.77. The first kappa shape index (κ1) is 15.8. The average Bonchev–Trinajstić information content (AvgIpc) is 2.55. The number of fused-ring (bicyclic) bond motifs is 1. The average molecular weight is 394 g/mol. The third kappa shape index (κ3) is 3.16. The minimum Gasteiger partial charge on any atom is -0.495 e. The molecule has 7 heteroatoms. The molecule has 0 bridgehead atoms. The van der Waals surface area contributed by atoms with E-state index in [0.717, 1.165) is 5.39 Å². The van der Waals surface area contributed by atoms with E-state index in [1.807, 2.05) is 12.1 Å². The number of hydrogen-bond donors (Lipinski definition) is 0. The van der Waals surface area contributed by atoms with Crippen molar-refractivity contribution in [2.24, 2.45) is 0 Å². The minimum atomic E-state index is -4.07. The molecule has 2 aromatic carbocycles. The van der Waals surface area contributed by atoms with Crippen molar-refractivity contribution < 1.29 is 17.3 Å². The van der Waals surface area contributed by atoms with E-state index in [-0.39, 0.29) is 16.4 Å². The second kappa shape index (κ2) is 6.17. The topological polar surface area (TPSA) is 65.5 Å². The number of methoxy groups -OCH3 is 1.